The van der Waals surface area contributed by atoms with Crippen LogP contribution in [0.5, 0.6) is 11.5 Å². The number of rotatable bonds is 3. The molecule has 0 fully saturated rings. The summed E-state index contributed by atoms with van der Waals surface area (Å²) < 4.78 is 10.7. The molecule has 0 saturated carbocycles. The molecule has 0 saturated heterocycles. The number of aromatic amines is 1. The van der Waals surface area contributed by atoms with E-state index in [0.717, 1.165) is 17.7 Å². The first-order valence-electron chi connectivity index (χ1n) is 10.0. The maximum Gasteiger partial charge on any atom is 0.256 e. The minimum atomic E-state index is -0.197. The van der Waals surface area contributed by atoms with Crippen LogP contribution in [0.4, 0.5) is 0 Å². The fraction of sp³-hybridized carbons (Fsp3) is 0.261. The van der Waals surface area contributed by atoms with Crippen LogP contribution < -0.4 is 15.0 Å². The number of hydrogen-bond donors (Lipinski definition) is 1. The Morgan fingerprint density at radius 1 is 1.13 bits per heavy atom. The van der Waals surface area contributed by atoms with E-state index in [9.17, 15) is 9.59 Å². The molecule has 3 aromatic rings. The molecule has 7 nitrogen and oxygen atoms in total. The number of carbonyl (C=O) groups excluding carboxylic acids is 1. The van der Waals surface area contributed by atoms with E-state index < -0.39 is 0 Å². The second-order valence-corrected chi connectivity index (χ2v) is 7.44. The van der Waals surface area contributed by atoms with Gasteiger partial charge in [0.1, 0.15) is 5.82 Å². The first kappa shape index (κ1) is 18.4. The van der Waals surface area contributed by atoms with Crippen molar-refractivity contribution in [2.24, 2.45) is 0 Å². The van der Waals surface area contributed by atoms with E-state index in [-0.39, 0.29) is 24.8 Å². The van der Waals surface area contributed by atoms with Gasteiger partial charge in [-0.3, -0.25) is 9.59 Å². The number of benzene rings is 2. The lowest BCUT2D eigenvalue weighted by atomic mass is 10.0. The zero-order chi connectivity index (χ0) is 20.7. The summed E-state index contributed by atoms with van der Waals surface area (Å²) in [5.41, 5.74) is 3.73. The summed E-state index contributed by atoms with van der Waals surface area (Å²) in [4.78, 5) is 35.0. The Morgan fingerprint density at radius 3 is 2.73 bits per heavy atom. The number of aryl methyl sites for hydroxylation is 1. The van der Waals surface area contributed by atoms with Crippen molar-refractivity contribution in [3.63, 3.8) is 0 Å². The van der Waals surface area contributed by atoms with Crippen molar-refractivity contribution < 1.29 is 14.3 Å². The van der Waals surface area contributed by atoms with Gasteiger partial charge < -0.3 is 19.4 Å². The van der Waals surface area contributed by atoms with Gasteiger partial charge in [0.05, 0.1) is 17.8 Å². The highest BCUT2D eigenvalue weighted by molar-refractivity contribution is 5.95. The lowest BCUT2D eigenvalue weighted by molar-refractivity contribution is 0.0732. The highest BCUT2D eigenvalue weighted by Gasteiger charge is 2.26. The van der Waals surface area contributed by atoms with Crippen molar-refractivity contribution in [3.8, 4) is 22.9 Å². The van der Waals surface area contributed by atoms with Crippen molar-refractivity contribution in [1.82, 2.24) is 14.9 Å². The van der Waals surface area contributed by atoms with E-state index in [1.54, 1.807) is 23.1 Å². The molecule has 1 N–H and O–H groups in total. The van der Waals surface area contributed by atoms with Gasteiger partial charge >= 0.3 is 0 Å². The van der Waals surface area contributed by atoms with Crippen LogP contribution in [0.1, 0.15) is 34.1 Å². The molecular formula is C23H21N3O4. The summed E-state index contributed by atoms with van der Waals surface area (Å²) in [5, 5.41) is 0. The fourth-order valence-corrected chi connectivity index (χ4v) is 3.85. The molecule has 0 atom stereocenters. The predicted molar refractivity (Wildman–Crippen MR) is 111 cm³/mol. The van der Waals surface area contributed by atoms with Gasteiger partial charge in [0.2, 0.25) is 6.79 Å². The molecule has 1 aromatic heterocycles. The molecule has 0 aliphatic carbocycles. The van der Waals surface area contributed by atoms with Gasteiger partial charge in [-0.05, 0) is 30.2 Å². The Balaban J connectivity index is 1.40. The van der Waals surface area contributed by atoms with Crippen LogP contribution in [0.2, 0.25) is 0 Å². The zero-order valence-corrected chi connectivity index (χ0v) is 16.6. The van der Waals surface area contributed by atoms with Gasteiger partial charge in [-0.25, -0.2) is 4.98 Å². The quantitative estimate of drug-likeness (QED) is 0.727. The van der Waals surface area contributed by atoms with E-state index >= 15 is 0 Å². The topological polar surface area (TPSA) is 84.5 Å². The molecular weight excluding hydrogens is 382 g/mol. The minimum absolute atomic E-state index is 0.141. The van der Waals surface area contributed by atoms with Gasteiger partial charge in [-0.1, -0.05) is 31.2 Å². The number of hydrogen-bond acceptors (Lipinski definition) is 5. The standard InChI is InChI=1S/C23H21N3O4/c1-2-14-3-5-15(6-4-14)21-24-18-9-10-26(12-17(18)22(27)25-21)23(28)16-7-8-19-20(11-16)30-13-29-19/h3-8,11H,2,9-10,12-13H2,1H3,(H,24,25,27). The Bertz CT molecular complexity index is 1180. The second-order valence-electron chi connectivity index (χ2n) is 7.44. The van der Waals surface area contributed by atoms with Crippen molar-refractivity contribution in [3.05, 3.63) is 75.2 Å². The SMILES string of the molecule is CCc1ccc(-c2nc3c(c(=O)[nH]2)CN(C(=O)c2ccc4c(c2)OCO4)CC3)cc1. The normalized spacial score (nSPS) is 14.5. The van der Waals surface area contributed by atoms with Crippen LogP contribution in [0, 0.1) is 0 Å². The fourth-order valence-electron chi connectivity index (χ4n) is 3.85. The number of aromatic nitrogens is 2. The van der Waals surface area contributed by atoms with Gasteiger partial charge in [0, 0.05) is 24.1 Å². The minimum Gasteiger partial charge on any atom is -0.454 e. The molecule has 2 aliphatic rings. The van der Waals surface area contributed by atoms with E-state index in [1.165, 1.54) is 5.56 Å². The molecule has 0 radical (unpaired) electrons. The Labute approximate surface area is 173 Å². The van der Waals surface area contributed by atoms with Gasteiger partial charge in [0.25, 0.3) is 11.5 Å². The average Bonchev–Trinajstić information content (AvgIpc) is 3.26. The predicted octanol–water partition coefficient (Wildman–Crippen LogP) is 2.93. The maximum absolute atomic E-state index is 13.0. The van der Waals surface area contributed by atoms with Crippen molar-refractivity contribution >= 4 is 5.91 Å². The summed E-state index contributed by atoms with van der Waals surface area (Å²) >= 11 is 0. The monoisotopic (exact) mass is 403 g/mol. The smallest absolute Gasteiger partial charge is 0.256 e. The first-order chi connectivity index (χ1) is 14.6. The summed E-state index contributed by atoms with van der Waals surface area (Å²) in [6, 6.07) is 13.2. The maximum atomic E-state index is 13.0. The molecule has 152 valence electrons. The van der Waals surface area contributed by atoms with Crippen LogP contribution in [-0.2, 0) is 19.4 Å². The van der Waals surface area contributed by atoms with Crippen molar-refractivity contribution in [1.29, 1.82) is 0 Å². The number of nitrogens with one attached hydrogen (secondary N) is 1. The zero-order valence-electron chi connectivity index (χ0n) is 16.6. The van der Waals surface area contributed by atoms with Crippen LogP contribution in [0.3, 0.4) is 0 Å². The van der Waals surface area contributed by atoms with E-state index in [1.807, 2.05) is 24.3 Å². The molecule has 2 aromatic carbocycles. The highest BCUT2D eigenvalue weighted by atomic mass is 16.7. The van der Waals surface area contributed by atoms with Gasteiger partial charge in [-0.2, -0.15) is 0 Å². The van der Waals surface area contributed by atoms with Crippen LogP contribution >= 0.6 is 0 Å². The molecule has 1 amide bonds. The molecule has 5 rings (SSSR count). The summed E-state index contributed by atoms with van der Waals surface area (Å²) in [5.74, 6) is 1.63. The molecule has 0 spiro atoms. The van der Waals surface area contributed by atoms with E-state index in [0.29, 0.717) is 41.4 Å². The number of fused-ring (bicyclic) bond motifs is 2. The van der Waals surface area contributed by atoms with E-state index in [2.05, 4.69) is 16.9 Å². The Kier molecular flexibility index (Phi) is 4.50. The van der Waals surface area contributed by atoms with Gasteiger partial charge in [0.15, 0.2) is 11.5 Å². The summed E-state index contributed by atoms with van der Waals surface area (Å²) in [6.45, 7) is 3.00. The third kappa shape index (κ3) is 3.22. The summed E-state index contributed by atoms with van der Waals surface area (Å²) in [7, 11) is 0. The second kappa shape index (κ2) is 7.33. The molecule has 7 heteroatoms. The average molecular weight is 403 g/mol. The van der Waals surface area contributed by atoms with Crippen molar-refractivity contribution in [2.45, 2.75) is 26.3 Å². The lowest BCUT2D eigenvalue weighted by Crippen LogP contribution is -2.39. The molecule has 30 heavy (non-hydrogen) atoms. The van der Waals surface area contributed by atoms with E-state index in [4.69, 9.17) is 9.47 Å². The van der Waals surface area contributed by atoms with Crippen LogP contribution in [0.15, 0.2) is 47.3 Å². The third-order valence-corrected chi connectivity index (χ3v) is 5.61. The third-order valence-electron chi connectivity index (χ3n) is 5.61. The first-order valence-corrected chi connectivity index (χ1v) is 10.0. The molecule has 0 unspecified atom stereocenters. The number of H-pyrrole nitrogens is 1. The number of carbonyl (C=O) groups is 1. The van der Waals surface area contributed by atoms with Crippen molar-refractivity contribution in [2.75, 3.05) is 13.3 Å². The van der Waals surface area contributed by atoms with Gasteiger partial charge in [-0.15, -0.1) is 0 Å². The Morgan fingerprint density at radius 2 is 1.93 bits per heavy atom. The lowest BCUT2D eigenvalue weighted by Gasteiger charge is -2.28. The number of nitrogens with zero attached hydrogens (tertiary/aromatic N) is 2. The molecule has 2 aliphatic heterocycles. The van der Waals surface area contributed by atoms with Crippen LogP contribution in [0.25, 0.3) is 11.4 Å². The number of ether oxygens (including phenoxy) is 2. The number of amides is 1. The van der Waals surface area contributed by atoms with Crippen LogP contribution in [-0.4, -0.2) is 34.1 Å². The Hall–Kier alpha value is -3.61. The molecule has 0 bridgehead atoms. The molecule has 3 heterocycles. The summed E-state index contributed by atoms with van der Waals surface area (Å²) in [6.07, 6.45) is 1.50. The highest BCUT2D eigenvalue weighted by Crippen LogP contribution is 2.33. The largest absolute Gasteiger partial charge is 0.454 e.